The van der Waals surface area contributed by atoms with Crippen LogP contribution < -0.4 is 10.6 Å². The predicted octanol–water partition coefficient (Wildman–Crippen LogP) is 3.51. The van der Waals surface area contributed by atoms with Gasteiger partial charge in [-0.05, 0) is 18.2 Å². The average Bonchev–Trinajstić information content (AvgIpc) is 2.75. The summed E-state index contributed by atoms with van der Waals surface area (Å²) in [5, 5.41) is 5.47. The van der Waals surface area contributed by atoms with Crippen molar-refractivity contribution < 1.29 is 9.18 Å². The molecule has 2 rings (SSSR count). The third-order valence-electron chi connectivity index (χ3n) is 2.27. The lowest BCUT2D eigenvalue weighted by atomic mass is 10.2. The van der Waals surface area contributed by atoms with Crippen molar-refractivity contribution in [3.63, 3.8) is 0 Å². The molecule has 2 aromatic rings. The molecule has 0 unspecified atom stereocenters. The highest BCUT2D eigenvalue weighted by molar-refractivity contribution is 7.15. The summed E-state index contributed by atoms with van der Waals surface area (Å²) in [4.78, 5) is 15.7. The third kappa shape index (κ3) is 3.90. The first kappa shape index (κ1) is 13.8. The molecular formula is C12H11ClFN3OS. The number of carbonyl (C=O) groups is 1. The van der Waals surface area contributed by atoms with Crippen LogP contribution in [0.15, 0.2) is 24.4 Å². The Bertz CT molecular complexity index is 602. The van der Waals surface area contributed by atoms with Crippen LogP contribution in [-0.2, 0) is 11.3 Å². The van der Waals surface area contributed by atoms with Gasteiger partial charge in [0.15, 0.2) is 4.47 Å². The van der Waals surface area contributed by atoms with E-state index in [4.69, 9.17) is 11.6 Å². The van der Waals surface area contributed by atoms with Gasteiger partial charge in [-0.2, -0.15) is 0 Å². The van der Waals surface area contributed by atoms with Crippen molar-refractivity contribution in [2.24, 2.45) is 0 Å². The number of nitrogens with zero attached hydrogens (tertiary/aromatic N) is 1. The van der Waals surface area contributed by atoms with E-state index in [0.717, 1.165) is 4.88 Å². The number of aromatic nitrogens is 1. The summed E-state index contributed by atoms with van der Waals surface area (Å²) in [7, 11) is 0. The molecule has 0 atom stereocenters. The molecule has 0 aliphatic heterocycles. The largest absolute Gasteiger partial charge is 0.380 e. The van der Waals surface area contributed by atoms with E-state index < -0.39 is 5.82 Å². The lowest BCUT2D eigenvalue weighted by Crippen LogP contribution is -2.08. The lowest BCUT2D eigenvalue weighted by Gasteiger charge is -2.08. The summed E-state index contributed by atoms with van der Waals surface area (Å²) < 4.78 is 14.1. The van der Waals surface area contributed by atoms with E-state index in [-0.39, 0.29) is 11.6 Å². The quantitative estimate of drug-likeness (QED) is 0.908. The fourth-order valence-electron chi connectivity index (χ4n) is 1.47. The lowest BCUT2D eigenvalue weighted by molar-refractivity contribution is -0.114. The van der Waals surface area contributed by atoms with E-state index in [1.165, 1.54) is 30.4 Å². The molecule has 0 aliphatic rings. The van der Waals surface area contributed by atoms with Gasteiger partial charge in [0.2, 0.25) is 5.91 Å². The van der Waals surface area contributed by atoms with Crippen LogP contribution in [0.1, 0.15) is 11.8 Å². The molecule has 1 amide bonds. The first-order valence-corrected chi connectivity index (χ1v) is 6.65. The van der Waals surface area contributed by atoms with Crippen molar-refractivity contribution in [3.05, 3.63) is 39.6 Å². The summed E-state index contributed by atoms with van der Waals surface area (Å²) in [5.74, 6) is -0.790. The molecule has 0 radical (unpaired) electrons. The van der Waals surface area contributed by atoms with Crippen LogP contribution in [0, 0.1) is 5.82 Å². The van der Waals surface area contributed by atoms with Gasteiger partial charge >= 0.3 is 0 Å². The summed E-state index contributed by atoms with van der Waals surface area (Å²) in [6.07, 6.45) is 1.67. The molecular weight excluding hydrogens is 289 g/mol. The zero-order valence-corrected chi connectivity index (χ0v) is 11.6. The number of nitrogens with one attached hydrogen (secondary N) is 2. The number of halogens is 2. The average molecular weight is 300 g/mol. The van der Waals surface area contributed by atoms with Crippen LogP contribution in [0.3, 0.4) is 0 Å². The number of thiazole rings is 1. The molecule has 0 fully saturated rings. The fourth-order valence-corrected chi connectivity index (χ4v) is 2.39. The van der Waals surface area contributed by atoms with Crippen LogP contribution in [-0.4, -0.2) is 10.9 Å². The highest BCUT2D eigenvalue weighted by atomic mass is 35.5. The minimum atomic E-state index is -0.484. The summed E-state index contributed by atoms with van der Waals surface area (Å²) in [6.45, 7) is 1.85. The Balaban J connectivity index is 2.01. The Kier molecular flexibility index (Phi) is 4.34. The van der Waals surface area contributed by atoms with Gasteiger partial charge in [-0.3, -0.25) is 4.79 Å². The van der Waals surface area contributed by atoms with E-state index in [9.17, 15) is 9.18 Å². The minimum Gasteiger partial charge on any atom is -0.380 e. The van der Waals surface area contributed by atoms with Crippen LogP contribution in [0.4, 0.5) is 15.8 Å². The van der Waals surface area contributed by atoms with Crippen LogP contribution in [0.5, 0.6) is 0 Å². The van der Waals surface area contributed by atoms with Crippen LogP contribution >= 0.6 is 22.9 Å². The van der Waals surface area contributed by atoms with Gasteiger partial charge in [-0.25, -0.2) is 9.37 Å². The second kappa shape index (κ2) is 5.99. The van der Waals surface area contributed by atoms with Crippen molar-refractivity contribution in [2.45, 2.75) is 13.5 Å². The number of rotatable bonds is 4. The molecule has 100 valence electrons. The molecule has 2 N–H and O–H groups in total. The molecule has 0 aliphatic carbocycles. The van der Waals surface area contributed by atoms with Gasteiger partial charge in [-0.1, -0.05) is 11.6 Å². The predicted molar refractivity (Wildman–Crippen MR) is 75.2 cm³/mol. The highest BCUT2D eigenvalue weighted by Gasteiger charge is 2.05. The van der Waals surface area contributed by atoms with Crippen molar-refractivity contribution in [1.29, 1.82) is 0 Å². The van der Waals surface area contributed by atoms with E-state index in [2.05, 4.69) is 15.6 Å². The Morgan fingerprint density at radius 1 is 1.53 bits per heavy atom. The number of carbonyl (C=O) groups excluding carboxylic acids is 1. The van der Waals surface area contributed by atoms with Gasteiger partial charge in [0.05, 0.1) is 12.2 Å². The van der Waals surface area contributed by atoms with Gasteiger partial charge < -0.3 is 10.6 Å². The number of benzene rings is 1. The minimum absolute atomic E-state index is 0.166. The van der Waals surface area contributed by atoms with Crippen LogP contribution in [0.2, 0.25) is 4.47 Å². The van der Waals surface area contributed by atoms with E-state index in [1.54, 1.807) is 12.3 Å². The Labute approximate surface area is 118 Å². The molecule has 0 spiro atoms. The molecule has 7 heteroatoms. The standard InChI is InChI=1S/C12H11ClFN3OS/c1-7(18)17-11-3-2-8(4-10(11)14)15-5-9-6-16-12(13)19-9/h2-4,6,15H,5H2,1H3,(H,17,18). The number of hydrogen-bond acceptors (Lipinski definition) is 4. The maximum atomic E-state index is 13.7. The molecule has 1 heterocycles. The molecule has 4 nitrogen and oxygen atoms in total. The molecule has 0 saturated heterocycles. The summed E-state index contributed by atoms with van der Waals surface area (Å²) in [6, 6.07) is 4.53. The zero-order valence-electron chi connectivity index (χ0n) is 10.0. The molecule has 19 heavy (non-hydrogen) atoms. The Hall–Kier alpha value is -1.66. The van der Waals surface area contributed by atoms with Crippen molar-refractivity contribution in [3.8, 4) is 0 Å². The zero-order chi connectivity index (χ0) is 13.8. The second-order valence-corrected chi connectivity index (χ2v) is 5.51. The number of anilines is 2. The van der Waals surface area contributed by atoms with E-state index in [0.29, 0.717) is 16.7 Å². The van der Waals surface area contributed by atoms with Gasteiger partial charge in [0.25, 0.3) is 0 Å². The third-order valence-corrected chi connectivity index (χ3v) is 3.39. The Morgan fingerprint density at radius 2 is 2.32 bits per heavy atom. The summed E-state index contributed by atoms with van der Waals surface area (Å²) in [5.41, 5.74) is 0.787. The molecule has 1 aromatic heterocycles. The second-order valence-electron chi connectivity index (χ2n) is 3.81. The number of amides is 1. The smallest absolute Gasteiger partial charge is 0.221 e. The SMILES string of the molecule is CC(=O)Nc1ccc(NCc2cnc(Cl)s2)cc1F. The van der Waals surface area contributed by atoms with Crippen molar-refractivity contribution in [1.82, 2.24) is 4.98 Å². The van der Waals surface area contributed by atoms with E-state index in [1.807, 2.05) is 0 Å². The monoisotopic (exact) mass is 299 g/mol. The molecule has 1 aromatic carbocycles. The van der Waals surface area contributed by atoms with Gasteiger partial charge in [0, 0.05) is 23.7 Å². The normalized spacial score (nSPS) is 10.3. The Morgan fingerprint density at radius 3 is 2.89 bits per heavy atom. The summed E-state index contributed by atoms with van der Waals surface area (Å²) >= 11 is 7.08. The topological polar surface area (TPSA) is 54.0 Å². The maximum Gasteiger partial charge on any atom is 0.221 e. The molecule has 0 bridgehead atoms. The van der Waals surface area contributed by atoms with E-state index >= 15 is 0 Å². The first-order chi connectivity index (χ1) is 9.04. The highest BCUT2D eigenvalue weighted by Crippen LogP contribution is 2.21. The maximum absolute atomic E-state index is 13.7. The van der Waals surface area contributed by atoms with Gasteiger partial charge in [0.1, 0.15) is 5.82 Å². The van der Waals surface area contributed by atoms with Crippen molar-refractivity contribution >= 4 is 40.2 Å². The van der Waals surface area contributed by atoms with Crippen LogP contribution in [0.25, 0.3) is 0 Å². The van der Waals surface area contributed by atoms with Crippen molar-refractivity contribution in [2.75, 3.05) is 10.6 Å². The molecule has 0 saturated carbocycles. The fraction of sp³-hybridized carbons (Fsp3) is 0.167. The van der Waals surface area contributed by atoms with Gasteiger partial charge in [-0.15, -0.1) is 11.3 Å². The first-order valence-electron chi connectivity index (χ1n) is 5.46. The number of hydrogen-bond donors (Lipinski definition) is 2.